The van der Waals surface area contributed by atoms with Gasteiger partial charge in [-0.05, 0) is 133 Å². The number of nitrogens with zero attached hydrogens (tertiary/aromatic N) is 6. The van der Waals surface area contributed by atoms with E-state index in [1.165, 1.54) is 0 Å². The van der Waals surface area contributed by atoms with E-state index in [2.05, 4.69) is 21.6 Å². The molecule has 7 rings (SSSR count). The summed E-state index contributed by atoms with van der Waals surface area (Å²) in [5, 5.41) is 17.2. The molecule has 6 aromatic rings. The van der Waals surface area contributed by atoms with Crippen molar-refractivity contribution >= 4 is 73.9 Å². The number of pyridine rings is 1. The molecule has 1 aliphatic heterocycles. The van der Waals surface area contributed by atoms with Gasteiger partial charge in [-0.15, -0.1) is 0 Å². The molecule has 3 aromatic carbocycles. The lowest BCUT2D eigenvalue weighted by atomic mass is 9.96. The topological polar surface area (TPSA) is 166 Å². The number of aryl methyl sites for hydroxylation is 4. The van der Waals surface area contributed by atoms with Gasteiger partial charge >= 0.3 is 5.97 Å². The molecule has 0 unspecified atom stereocenters. The maximum atomic E-state index is 15.7. The Morgan fingerprint density at radius 2 is 1.68 bits per heavy atom. The SMILES string of the molecule is CC(=NN)C(=C(C)N)c1c(Cl)ccc2c(CCCOc3cc(C)c(Cl)c(C)c3)c3n(c12)[C@H](C)CN(c1cc(OCCN(C)C)cc2cc(C(=O)O)n(Cc4cc(C)ccn4)c12)C3=O. The Bertz CT molecular complexity index is 2810. The quantitative estimate of drug-likeness (QED) is 0.0394. The summed E-state index contributed by atoms with van der Waals surface area (Å²) in [7, 11) is 3.92. The van der Waals surface area contributed by atoms with E-state index in [1.807, 2.05) is 88.3 Å². The molecule has 1 atom stereocenters. The number of likely N-dealkylation sites (N-methyl/N-ethyl adjacent to an activating group) is 1. The molecular weight excluding hydrogens is 839 g/mol. The van der Waals surface area contributed by atoms with Gasteiger partial charge < -0.3 is 45.1 Å². The minimum absolute atomic E-state index is 0.0612. The number of fused-ring (bicyclic) bond motifs is 4. The van der Waals surface area contributed by atoms with E-state index < -0.39 is 5.97 Å². The van der Waals surface area contributed by atoms with Crippen LogP contribution in [0.1, 0.15) is 87.7 Å². The van der Waals surface area contributed by atoms with Crippen molar-refractivity contribution in [1.29, 1.82) is 0 Å². The zero-order chi connectivity index (χ0) is 45.4. The molecule has 0 spiro atoms. The molecule has 0 radical (unpaired) electrons. The lowest BCUT2D eigenvalue weighted by Gasteiger charge is -2.35. The summed E-state index contributed by atoms with van der Waals surface area (Å²) < 4.78 is 16.4. The highest BCUT2D eigenvalue weighted by molar-refractivity contribution is 6.38. The van der Waals surface area contributed by atoms with Gasteiger partial charge in [0.1, 0.15) is 29.5 Å². The van der Waals surface area contributed by atoms with E-state index in [0.29, 0.717) is 105 Å². The van der Waals surface area contributed by atoms with Gasteiger partial charge in [0.2, 0.25) is 0 Å². The molecule has 63 heavy (non-hydrogen) atoms. The Kier molecular flexibility index (Phi) is 13.1. The molecule has 3 aromatic heterocycles. The van der Waals surface area contributed by atoms with Gasteiger partial charge in [-0.25, -0.2) is 4.79 Å². The first-order valence-corrected chi connectivity index (χ1v) is 21.6. The predicted octanol–water partition coefficient (Wildman–Crippen LogP) is 9.17. The van der Waals surface area contributed by atoms with Crippen molar-refractivity contribution < 1.29 is 24.2 Å². The van der Waals surface area contributed by atoms with Crippen LogP contribution in [0.15, 0.2) is 71.6 Å². The van der Waals surface area contributed by atoms with Crippen LogP contribution in [0, 0.1) is 20.8 Å². The van der Waals surface area contributed by atoms with Crippen molar-refractivity contribution in [3.8, 4) is 11.5 Å². The number of hydrogen-bond donors (Lipinski definition) is 3. The molecule has 330 valence electrons. The molecule has 0 aliphatic carbocycles. The number of carbonyl (C=O) groups excluding carboxylic acids is 1. The summed E-state index contributed by atoms with van der Waals surface area (Å²) in [6.45, 7) is 13.3. The second-order valence-corrected chi connectivity index (χ2v) is 17.4. The summed E-state index contributed by atoms with van der Waals surface area (Å²) in [5.41, 5.74) is 15.5. The summed E-state index contributed by atoms with van der Waals surface area (Å²) in [5.74, 6) is 5.73. The van der Waals surface area contributed by atoms with Crippen molar-refractivity contribution in [2.45, 2.75) is 67.0 Å². The van der Waals surface area contributed by atoms with Crippen LogP contribution in [0.3, 0.4) is 0 Å². The highest BCUT2D eigenvalue weighted by Crippen LogP contribution is 2.44. The third-order valence-corrected chi connectivity index (χ3v) is 12.5. The fourth-order valence-electron chi connectivity index (χ4n) is 8.72. The fourth-order valence-corrected chi connectivity index (χ4v) is 9.07. The Morgan fingerprint density at radius 1 is 0.984 bits per heavy atom. The van der Waals surface area contributed by atoms with Crippen LogP contribution in [0.4, 0.5) is 5.69 Å². The van der Waals surface area contributed by atoms with Crippen molar-refractivity contribution in [2.75, 3.05) is 45.3 Å². The Hall–Kier alpha value is -6.02. The number of anilines is 1. The molecule has 5 N–H and O–H groups in total. The summed E-state index contributed by atoms with van der Waals surface area (Å²) in [6, 6.07) is 16.4. The van der Waals surface area contributed by atoms with Gasteiger partial charge in [-0.1, -0.05) is 29.3 Å². The number of aromatic nitrogens is 3. The van der Waals surface area contributed by atoms with Crippen LogP contribution in [0.25, 0.3) is 27.4 Å². The van der Waals surface area contributed by atoms with Crippen molar-refractivity contribution in [2.24, 2.45) is 16.7 Å². The molecule has 4 heterocycles. The number of allylic oxidation sites excluding steroid dienone is 2. The van der Waals surface area contributed by atoms with E-state index >= 15 is 4.79 Å². The van der Waals surface area contributed by atoms with Gasteiger partial charge in [0.05, 0.1) is 46.3 Å². The molecular formula is C48H54Cl2N8O5. The van der Waals surface area contributed by atoms with E-state index in [0.717, 1.165) is 33.2 Å². The van der Waals surface area contributed by atoms with Crippen LogP contribution in [0.5, 0.6) is 11.5 Å². The maximum absolute atomic E-state index is 15.7. The van der Waals surface area contributed by atoms with E-state index in [4.69, 9.17) is 44.3 Å². The summed E-state index contributed by atoms with van der Waals surface area (Å²) in [4.78, 5) is 37.0. The number of carboxylic acids is 1. The first kappa shape index (κ1) is 45.0. The highest BCUT2D eigenvalue weighted by atomic mass is 35.5. The normalized spacial score (nSPS) is 14.8. The number of ether oxygens (including phenoxy) is 2. The highest BCUT2D eigenvalue weighted by Gasteiger charge is 2.38. The number of benzene rings is 3. The molecule has 0 saturated heterocycles. The van der Waals surface area contributed by atoms with Gasteiger partial charge in [0.25, 0.3) is 5.91 Å². The van der Waals surface area contributed by atoms with E-state index in [9.17, 15) is 9.90 Å². The van der Waals surface area contributed by atoms with Crippen LogP contribution >= 0.6 is 23.2 Å². The first-order chi connectivity index (χ1) is 30.0. The Morgan fingerprint density at radius 3 is 2.33 bits per heavy atom. The average molecular weight is 894 g/mol. The first-order valence-electron chi connectivity index (χ1n) is 20.9. The number of amides is 1. The molecule has 1 aliphatic rings. The van der Waals surface area contributed by atoms with Gasteiger partial charge in [-0.2, -0.15) is 5.10 Å². The molecule has 15 heteroatoms. The van der Waals surface area contributed by atoms with Crippen molar-refractivity contribution in [3.05, 3.63) is 121 Å². The van der Waals surface area contributed by atoms with E-state index in [1.54, 1.807) is 35.6 Å². The maximum Gasteiger partial charge on any atom is 0.352 e. The monoisotopic (exact) mass is 892 g/mol. The lowest BCUT2D eigenvalue weighted by molar-refractivity contribution is 0.0686. The second-order valence-electron chi connectivity index (χ2n) is 16.7. The molecule has 0 fully saturated rings. The number of halogens is 2. The number of carboxylic acid groups (broad SMARTS) is 1. The zero-order valence-corrected chi connectivity index (χ0v) is 38.5. The van der Waals surface area contributed by atoms with Crippen LogP contribution in [-0.4, -0.2) is 82.1 Å². The third kappa shape index (κ3) is 8.82. The number of nitrogens with two attached hydrogens (primary N) is 2. The minimum Gasteiger partial charge on any atom is -0.494 e. The standard InChI is InChI=1S/C48H54Cl2N8O5/c1-26-13-14-53-33(18-26)25-56-40(48(60)61)22-32-21-35(63-17-15-55(7)8)23-39(44(32)56)57-24-29(4)58-45-37(11-12-38(49)42(45)41(30(5)51)31(6)54-52)36(46(58)47(57)59)10-9-16-62-34-19-27(2)43(50)28(3)20-34/h11-14,18-23,29H,9-10,15-17,24-25,51-52H2,1-8H3,(H,60,61)/t29-/m1/s1. The Balaban J connectivity index is 1.43. The molecule has 0 saturated carbocycles. The molecule has 1 amide bonds. The van der Waals surface area contributed by atoms with Gasteiger partial charge in [0.15, 0.2) is 0 Å². The van der Waals surface area contributed by atoms with Crippen molar-refractivity contribution in [3.63, 3.8) is 0 Å². The van der Waals surface area contributed by atoms with Crippen LogP contribution < -0.4 is 25.9 Å². The number of hydrogen-bond acceptors (Lipinski definition) is 9. The van der Waals surface area contributed by atoms with Crippen LogP contribution in [0.2, 0.25) is 10.0 Å². The molecule has 13 nitrogen and oxygen atoms in total. The number of hydrazone groups is 1. The fraction of sp³-hybridized carbons (Fsp3) is 0.333. The zero-order valence-electron chi connectivity index (χ0n) is 37.0. The smallest absolute Gasteiger partial charge is 0.352 e. The third-order valence-electron chi connectivity index (χ3n) is 11.6. The van der Waals surface area contributed by atoms with Gasteiger partial charge in [0, 0.05) is 64.0 Å². The number of carbonyl (C=O) groups is 2. The lowest BCUT2D eigenvalue weighted by Crippen LogP contribution is -2.43. The summed E-state index contributed by atoms with van der Waals surface area (Å²) >= 11 is 13.6. The van der Waals surface area contributed by atoms with Gasteiger partial charge in [-0.3, -0.25) is 9.78 Å². The average Bonchev–Trinajstić information content (AvgIpc) is 3.76. The van der Waals surface area contributed by atoms with Crippen LogP contribution in [-0.2, 0) is 13.0 Å². The van der Waals surface area contributed by atoms with Crippen molar-refractivity contribution in [1.82, 2.24) is 19.0 Å². The largest absolute Gasteiger partial charge is 0.494 e. The minimum atomic E-state index is -1.11. The number of rotatable bonds is 15. The Labute approximate surface area is 377 Å². The second kappa shape index (κ2) is 18.4. The summed E-state index contributed by atoms with van der Waals surface area (Å²) in [6.07, 6.45) is 2.76. The predicted molar refractivity (Wildman–Crippen MR) is 253 cm³/mol. The molecule has 0 bridgehead atoms. The van der Waals surface area contributed by atoms with E-state index in [-0.39, 0.29) is 30.7 Å². The number of aromatic carboxylic acids is 1.